The first kappa shape index (κ1) is 17.8. The Hall–Kier alpha value is -4.02. The van der Waals surface area contributed by atoms with Gasteiger partial charge in [-0.25, -0.2) is 0 Å². The maximum absolute atomic E-state index is 8.91. The zero-order valence-electron chi connectivity index (χ0n) is 14.8. The van der Waals surface area contributed by atoms with Gasteiger partial charge in [-0.15, -0.1) is 0 Å². The van der Waals surface area contributed by atoms with Crippen LogP contribution in [0.2, 0.25) is 0 Å². The third kappa shape index (κ3) is 4.15. The van der Waals surface area contributed by atoms with Crippen LogP contribution in [0.15, 0.2) is 84.4 Å². The van der Waals surface area contributed by atoms with Crippen molar-refractivity contribution >= 4 is 23.1 Å². The van der Waals surface area contributed by atoms with E-state index in [1.54, 1.807) is 13.2 Å². The average Bonchev–Trinajstić information content (AvgIpc) is 2.74. The zero-order chi connectivity index (χ0) is 19.1. The Morgan fingerprint density at radius 1 is 0.778 bits per heavy atom. The molecule has 0 aromatic heterocycles. The van der Waals surface area contributed by atoms with Crippen molar-refractivity contribution < 1.29 is 4.74 Å². The lowest BCUT2D eigenvalue weighted by Crippen LogP contribution is -2.09. The summed E-state index contributed by atoms with van der Waals surface area (Å²) in [5, 5.41) is 17.8. The molecular weight excluding hydrogens is 334 g/mol. The van der Waals surface area contributed by atoms with Crippen molar-refractivity contribution in [3.8, 4) is 17.9 Å². The summed E-state index contributed by atoms with van der Waals surface area (Å²) in [6.07, 6.45) is 1.57. The molecule has 0 aliphatic heterocycles. The van der Waals surface area contributed by atoms with Gasteiger partial charge in [-0.3, -0.25) is 0 Å². The predicted molar refractivity (Wildman–Crippen MR) is 107 cm³/mol. The highest BCUT2D eigenvalue weighted by Crippen LogP contribution is 2.35. The number of allylic oxidation sites excluding steroid dienone is 1. The molecule has 0 aliphatic carbocycles. The molecule has 130 valence electrons. The number of nitriles is 2. The second kappa shape index (κ2) is 8.38. The van der Waals surface area contributed by atoms with Crippen LogP contribution in [-0.2, 0) is 0 Å². The number of rotatable bonds is 5. The summed E-state index contributed by atoms with van der Waals surface area (Å²) in [7, 11) is 1.65. The first-order valence-corrected chi connectivity index (χ1v) is 8.36. The molecule has 0 spiro atoms. The van der Waals surface area contributed by atoms with Gasteiger partial charge in [0.2, 0.25) is 0 Å². The normalized spacial score (nSPS) is 9.59. The van der Waals surface area contributed by atoms with Crippen molar-refractivity contribution in [1.82, 2.24) is 0 Å². The molecule has 0 fully saturated rings. The molecule has 0 atom stereocenters. The fourth-order valence-corrected chi connectivity index (χ4v) is 2.73. The molecule has 0 radical (unpaired) electrons. The summed E-state index contributed by atoms with van der Waals surface area (Å²) in [5.41, 5.74) is 3.89. The van der Waals surface area contributed by atoms with Crippen molar-refractivity contribution in [3.05, 3.63) is 90.0 Å². The molecule has 3 aromatic carbocycles. The van der Waals surface area contributed by atoms with E-state index in [1.165, 1.54) is 0 Å². The van der Waals surface area contributed by atoms with Crippen molar-refractivity contribution in [3.63, 3.8) is 0 Å². The Bertz CT molecular complexity index is 992. The molecule has 0 amide bonds. The third-order valence-electron chi connectivity index (χ3n) is 4.05. The maximum Gasteiger partial charge on any atom is 0.130 e. The molecular formula is C23H17N3O. The predicted octanol–water partition coefficient (Wildman–Crippen LogP) is 5.60. The van der Waals surface area contributed by atoms with E-state index >= 15 is 0 Å². The second-order valence-corrected chi connectivity index (χ2v) is 5.74. The van der Waals surface area contributed by atoms with Crippen LogP contribution in [0, 0.1) is 22.7 Å². The summed E-state index contributed by atoms with van der Waals surface area (Å²) in [4.78, 5) is 2.13. The van der Waals surface area contributed by atoms with Gasteiger partial charge in [0.15, 0.2) is 0 Å². The fourth-order valence-electron chi connectivity index (χ4n) is 2.73. The van der Waals surface area contributed by atoms with E-state index in [2.05, 4.69) is 4.90 Å². The molecule has 0 aliphatic rings. The number of methoxy groups -OCH3 is 1. The molecule has 0 unspecified atom stereocenters. The quantitative estimate of drug-likeness (QED) is 0.562. The molecule has 3 aromatic rings. The van der Waals surface area contributed by atoms with Crippen molar-refractivity contribution in [2.24, 2.45) is 0 Å². The van der Waals surface area contributed by atoms with E-state index in [-0.39, 0.29) is 5.57 Å². The summed E-state index contributed by atoms with van der Waals surface area (Å²) in [5.74, 6) is 0.799. The van der Waals surface area contributed by atoms with Gasteiger partial charge in [0.25, 0.3) is 0 Å². The fraction of sp³-hybridized carbons (Fsp3) is 0.0435. The smallest absolute Gasteiger partial charge is 0.130 e. The summed E-state index contributed by atoms with van der Waals surface area (Å²) in [6, 6.07) is 29.4. The number of nitrogens with zero attached hydrogens (tertiary/aromatic N) is 3. The summed E-state index contributed by atoms with van der Waals surface area (Å²) >= 11 is 0. The van der Waals surface area contributed by atoms with Crippen LogP contribution in [0.5, 0.6) is 5.75 Å². The molecule has 0 N–H and O–H groups in total. The molecule has 27 heavy (non-hydrogen) atoms. The molecule has 3 rings (SSSR count). The van der Waals surface area contributed by atoms with Gasteiger partial charge in [-0.05, 0) is 60.2 Å². The largest absolute Gasteiger partial charge is 0.497 e. The number of hydrogen-bond donors (Lipinski definition) is 0. The Morgan fingerprint density at radius 3 is 1.81 bits per heavy atom. The van der Waals surface area contributed by atoms with E-state index in [1.807, 2.05) is 91.0 Å². The van der Waals surface area contributed by atoms with Crippen LogP contribution >= 0.6 is 0 Å². The molecule has 0 heterocycles. The molecule has 4 nitrogen and oxygen atoms in total. The van der Waals surface area contributed by atoms with Crippen LogP contribution in [0.1, 0.15) is 5.56 Å². The first-order valence-electron chi connectivity index (χ1n) is 8.36. The van der Waals surface area contributed by atoms with Crippen molar-refractivity contribution in [1.29, 1.82) is 10.5 Å². The first-order chi connectivity index (χ1) is 13.2. The number of hydrogen-bond acceptors (Lipinski definition) is 4. The van der Waals surface area contributed by atoms with Crippen molar-refractivity contribution in [2.45, 2.75) is 0 Å². The minimum atomic E-state index is 0.0813. The number of ether oxygens (including phenoxy) is 1. The third-order valence-corrected chi connectivity index (χ3v) is 4.05. The lowest BCUT2D eigenvalue weighted by Gasteiger charge is -2.25. The summed E-state index contributed by atoms with van der Waals surface area (Å²) < 4.78 is 5.26. The second-order valence-electron chi connectivity index (χ2n) is 5.74. The zero-order valence-corrected chi connectivity index (χ0v) is 14.8. The average molecular weight is 351 g/mol. The van der Waals surface area contributed by atoms with E-state index in [9.17, 15) is 0 Å². The number of anilines is 3. The maximum atomic E-state index is 8.91. The lowest BCUT2D eigenvalue weighted by molar-refractivity contribution is 0.415. The molecule has 4 heteroatoms. The standard InChI is InChI=1S/C23H17N3O/c1-27-23-13-11-22(12-14-23)26(20-5-3-2-4-6-20)21-9-7-18(8-10-21)15-19(16-24)17-25/h2-15H,1H3. The van der Waals surface area contributed by atoms with Gasteiger partial charge < -0.3 is 9.64 Å². The lowest BCUT2D eigenvalue weighted by atomic mass is 10.1. The van der Waals surface area contributed by atoms with E-state index < -0.39 is 0 Å². The van der Waals surface area contributed by atoms with Crippen LogP contribution in [0.25, 0.3) is 6.08 Å². The molecule has 0 saturated heterocycles. The van der Waals surface area contributed by atoms with E-state index in [0.717, 1.165) is 28.4 Å². The Balaban J connectivity index is 2.02. The van der Waals surface area contributed by atoms with Crippen LogP contribution in [-0.4, -0.2) is 7.11 Å². The minimum Gasteiger partial charge on any atom is -0.497 e. The van der Waals surface area contributed by atoms with Crippen LogP contribution in [0.4, 0.5) is 17.1 Å². The molecule has 0 saturated carbocycles. The number of para-hydroxylation sites is 1. The van der Waals surface area contributed by atoms with Gasteiger partial charge >= 0.3 is 0 Å². The Kier molecular flexibility index (Phi) is 5.52. The van der Waals surface area contributed by atoms with Crippen LogP contribution in [0.3, 0.4) is 0 Å². The highest BCUT2D eigenvalue weighted by Gasteiger charge is 2.12. The topological polar surface area (TPSA) is 60.0 Å². The molecule has 0 bridgehead atoms. The van der Waals surface area contributed by atoms with Crippen LogP contribution < -0.4 is 9.64 Å². The van der Waals surface area contributed by atoms with Gasteiger partial charge in [0.05, 0.1) is 7.11 Å². The Morgan fingerprint density at radius 2 is 1.30 bits per heavy atom. The van der Waals surface area contributed by atoms with Gasteiger partial charge in [-0.1, -0.05) is 30.3 Å². The highest BCUT2D eigenvalue weighted by molar-refractivity contribution is 5.77. The monoisotopic (exact) mass is 351 g/mol. The van der Waals surface area contributed by atoms with Gasteiger partial charge in [0.1, 0.15) is 23.5 Å². The number of benzene rings is 3. The van der Waals surface area contributed by atoms with Gasteiger partial charge in [0, 0.05) is 17.1 Å². The van der Waals surface area contributed by atoms with Crippen molar-refractivity contribution in [2.75, 3.05) is 12.0 Å². The highest BCUT2D eigenvalue weighted by atomic mass is 16.5. The van der Waals surface area contributed by atoms with E-state index in [0.29, 0.717) is 0 Å². The van der Waals surface area contributed by atoms with E-state index in [4.69, 9.17) is 15.3 Å². The Labute approximate surface area is 158 Å². The summed E-state index contributed by atoms with van der Waals surface area (Å²) in [6.45, 7) is 0. The SMILES string of the molecule is COc1ccc(N(c2ccccc2)c2ccc(C=C(C#N)C#N)cc2)cc1. The minimum absolute atomic E-state index is 0.0813. The van der Waals surface area contributed by atoms with Gasteiger partial charge in [-0.2, -0.15) is 10.5 Å².